The number of hydrogen-bond donors (Lipinski definition) is 0. The molecule has 17 heavy (non-hydrogen) atoms. The molecular formula is C11H10Cl2N2OS. The van der Waals surface area contributed by atoms with Gasteiger partial charge in [-0.05, 0) is 12.5 Å². The topological polar surface area (TPSA) is 34.9 Å². The molecule has 0 N–H and O–H groups in total. The number of thiophene rings is 1. The lowest BCUT2D eigenvalue weighted by Crippen LogP contribution is -2.10. The van der Waals surface area contributed by atoms with Crippen molar-refractivity contribution in [2.24, 2.45) is 0 Å². The molecule has 0 aliphatic heterocycles. The standard InChI is InChI=1S/C11H10Cl2N2OS/c1-2-4-15-5-3-14-11(15)9(16)7-6-8(12)17-10(7)13/h3,5-6H,2,4H2,1H3. The molecule has 0 aliphatic rings. The molecule has 0 bridgehead atoms. The number of nitrogens with zero attached hydrogens (tertiary/aromatic N) is 2. The summed E-state index contributed by atoms with van der Waals surface area (Å²) in [5, 5.41) is 0. The fourth-order valence-electron chi connectivity index (χ4n) is 1.56. The first kappa shape index (κ1) is 12.6. The van der Waals surface area contributed by atoms with E-state index in [1.54, 1.807) is 18.5 Å². The Bertz CT molecular complexity index is 547. The number of ketones is 1. The van der Waals surface area contributed by atoms with Crippen LogP contribution in [0.4, 0.5) is 0 Å². The van der Waals surface area contributed by atoms with Gasteiger partial charge in [0.2, 0.25) is 5.78 Å². The Balaban J connectivity index is 2.37. The van der Waals surface area contributed by atoms with Gasteiger partial charge in [-0.3, -0.25) is 4.79 Å². The highest BCUT2D eigenvalue weighted by Gasteiger charge is 2.20. The van der Waals surface area contributed by atoms with Crippen molar-refractivity contribution in [2.75, 3.05) is 0 Å². The Labute approximate surface area is 113 Å². The molecule has 2 aromatic heterocycles. The second kappa shape index (κ2) is 5.21. The minimum absolute atomic E-state index is 0.184. The summed E-state index contributed by atoms with van der Waals surface area (Å²) in [5.74, 6) is 0.222. The first-order chi connectivity index (χ1) is 8.13. The number of aryl methyl sites for hydroxylation is 1. The molecule has 0 spiro atoms. The van der Waals surface area contributed by atoms with Crippen LogP contribution in [0.3, 0.4) is 0 Å². The molecule has 0 atom stereocenters. The molecule has 0 radical (unpaired) electrons. The molecule has 0 aromatic carbocycles. The SMILES string of the molecule is CCCn1ccnc1C(=O)c1cc(Cl)sc1Cl. The van der Waals surface area contributed by atoms with Crippen LogP contribution in [0.1, 0.15) is 29.5 Å². The third-order valence-corrected chi connectivity index (χ3v) is 3.77. The fourth-order valence-corrected chi connectivity index (χ4v) is 3.01. The Morgan fingerprint density at radius 3 is 2.88 bits per heavy atom. The maximum atomic E-state index is 12.2. The van der Waals surface area contributed by atoms with Gasteiger partial charge in [-0.25, -0.2) is 4.98 Å². The minimum Gasteiger partial charge on any atom is -0.328 e. The van der Waals surface area contributed by atoms with Gasteiger partial charge in [0.25, 0.3) is 0 Å². The second-order valence-corrected chi connectivity index (χ2v) is 5.80. The molecule has 2 heterocycles. The van der Waals surface area contributed by atoms with Crippen LogP contribution in [0.2, 0.25) is 8.67 Å². The van der Waals surface area contributed by atoms with E-state index in [1.165, 1.54) is 11.3 Å². The van der Waals surface area contributed by atoms with Crippen molar-refractivity contribution in [1.29, 1.82) is 0 Å². The van der Waals surface area contributed by atoms with Crippen molar-refractivity contribution in [3.05, 3.63) is 38.5 Å². The monoisotopic (exact) mass is 288 g/mol. The number of halogens is 2. The van der Waals surface area contributed by atoms with E-state index in [9.17, 15) is 4.79 Å². The highest BCUT2D eigenvalue weighted by Crippen LogP contribution is 2.32. The lowest BCUT2D eigenvalue weighted by atomic mass is 10.2. The predicted octanol–water partition coefficient (Wildman–Crippen LogP) is 3.89. The van der Waals surface area contributed by atoms with Gasteiger partial charge in [0.05, 0.1) is 9.90 Å². The van der Waals surface area contributed by atoms with Gasteiger partial charge >= 0.3 is 0 Å². The number of rotatable bonds is 4. The molecule has 6 heteroatoms. The molecule has 0 saturated carbocycles. The van der Waals surface area contributed by atoms with Crippen LogP contribution in [0.5, 0.6) is 0 Å². The maximum absolute atomic E-state index is 12.2. The van der Waals surface area contributed by atoms with Crippen LogP contribution in [0.15, 0.2) is 18.5 Å². The molecule has 90 valence electrons. The highest BCUT2D eigenvalue weighted by atomic mass is 35.5. The van der Waals surface area contributed by atoms with Crippen LogP contribution in [-0.2, 0) is 6.54 Å². The van der Waals surface area contributed by atoms with E-state index < -0.39 is 0 Å². The molecule has 0 amide bonds. The molecule has 0 unspecified atom stereocenters. The van der Waals surface area contributed by atoms with Gasteiger partial charge in [-0.2, -0.15) is 0 Å². The molecule has 3 nitrogen and oxygen atoms in total. The van der Waals surface area contributed by atoms with E-state index >= 15 is 0 Å². The average molecular weight is 289 g/mol. The quantitative estimate of drug-likeness (QED) is 0.800. The van der Waals surface area contributed by atoms with Crippen molar-refractivity contribution >= 4 is 40.3 Å². The number of carbonyl (C=O) groups is 1. The Morgan fingerprint density at radius 1 is 1.53 bits per heavy atom. The largest absolute Gasteiger partial charge is 0.328 e. The molecular weight excluding hydrogens is 279 g/mol. The fraction of sp³-hybridized carbons (Fsp3) is 0.273. The van der Waals surface area contributed by atoms with Crippen molar-refractivity contribution in [2.45, 2.75) is 19.9 Å². The second-order valence-electron chi connectivity index (χ2n) is 3.51. The van der Waals surface area contributed by atoms with E-state index in [1.807, 2.05) is 11.5 Å². The summed E-state index contributed by atoms with van der Waals surface area (Å²) in [6.07, 6.45) is 4.35. The Kier molecular flexibility index (Phi) is 3.86. The summed E-state index contributed by atoms with van der Waals surface area (Å²) in [4.78, 5) is 16.3. The van der Waals surface area contributed by atoms with E-state index in [-0.39, 0.29) is 5.78 Å². The van der Waals surface area contributed by atoms with Crippen molar-refractivity contribution in [3.8, 4) is 0 Å². The zero-order chi connectivity index (χ0) is 12.4. The highest BCUT2D eigenvalue weighted by molar-refractivity contribution is 7.20. The smallest absolute Gasteiger partial charge is 0.230 e. The summed E-state index contributed by atoms with van der Waals surface area (Å²) in [6, 6.07) is 1.59. The van der Waals surface area contributed by atoms with Gasteiger partial charge in [-0.15, -0.1) is 11.3 Å². The van der Waals surface area contributed by atoms with Gasteiger partial charge in [-0.1, -0.05) is 30.1 Å². The molecule has 0 saturated heterocycles. The molecule has 0 aliphatic carbocycles. The first-order valence-corrected chi connectivity index (χ1v) is 6.71. The Hall–Kier alpha value is -0.840. The van der Waals surface area contributed by atoms with Gasteiger partial charge in [0.15, 0.2) is 5.82 Å². The maximum Gasteiger partial charge on any atom is 0.230 e. The third kappa shape index (κ3) is 2.54. The van der Waals surface area contributed by atoms with Crippen LogP contribution in [-0.4, -0.2) is 15.3 Å². The van der Waals surface area contributed by atoms with Crippen LogP contribution < -0.4 is 0 Å². The Morgan fingerprint density at radius 2 is 2.29 bits per heavy atom. The van der Waals surface area contributed by atoms with Gasteiger partial charge in [0, 0.05) is 18.9 Å². The summed E-state index contributed by atoms with van der Waals surface area (Å²) < 4.78 is 2.74. The van der Waals surface area contributed by atoms with Crippen molar-refractivity contribution in [1.82, 2.24) is 9.55 Å². The molecule has 0 fully saturated rings. The average Bonchev–Trinajstić information content (AvgIpc) is 2.85. The summed E-state index contributed by atoms with van der Waals surface area (Å²) in [5.41, 5.74) is 0.421. The van der Waals surface area contributed by atoms with Crippen molar-refractivity contribution < 1.29 is 4.79 Å². The number of imidazole rings is 1. The normalized spacial score (nSPS) is 10.8. The molecule has 2 rings (SSSR count). The lowest BCUT2D eigenvalue weighted by Gasteiger charge is -2.04. The molecule has 2 aromatic rings. The lowest BCUT2D eigenvalue weighted by molar-refractivity contribution is 0.102. The van der Waals surface area contributed by atoms with Crippen molar-refractivity contribution in [3.63, 3.8) is 0 Å². The first-order valence-electron chi connectivity index (χ1n) is 5.14. The van der Waals surface area contributed by atoms with Crippen LogP contribution in [0.25, 0.3) is 0 Å². The number of carbonyl (C=O) groups excluding carboxylic acids is 1. The van der Waals surface area contributed by atoms with Gasteiger partial charge in [0.1, 0.15) is 4.34 Å². The summed E-state index contributed by atoms with van der Waals surface area (Å²) >= 11 is 13.0. The van der Waals surface area contributed by atoms with Gasteiger partial charge < -0.3 is 4.57 Å². The minimum atomic E-state index is -0.184. The summed E-state index contributed by atoms with van der Waals surface area (Å²) in [7, 11) is 0. The van der Waals surface area contributed by atoms with Crippen LogP contribution >= 0.6 is 34.5 Å². The van der Waals surface area contributed by atoms with Crippen LogP contribution in [0, 0.1) is 0 Å². The van der Waals surface area contributed by atoms with E-state index in [0.29, 0.717) is 20.1 Å². The predicted molar refractivity (Wildman–Crippen MR) is 70.3 cm³/mol. The third-order valence-electron chi connectivity index (χ3n) is 2.28. The van der Waals surface area contributed by atoms with E-state index in [0.717, 1.165) is 13.0 Å². The van der Waals surface area contributed by atoms with E-state index in [4.69, 9.17) is 23.2 Å². The number of hydrogen-bond acceptors (Lipinski definition) is 3. The zero-order valence-corrected chi connectivity index (χ0v) is 11.4. The van der Waals surface area contributed by atoms with E-state index in [2.05, 4.69) is 4.98 Å². The summed E-state index contributed by atoms with van der Waals surface area (Å²) in [6.45, 7) is 2.80. The zero-order valence-electron chi connectivity index (χ0n) is 9.11. The number of aromatic nitrogens is 2.